The van der Waals surface area contributed by atoms with Crippen LogP contribution < -0.4 is 4.74 Å². The maximum Gasteiger partial charge on any atom is 0.349 e. The zero-order valence-corrected chi connectivity index (χ0v) is 9.60. The topological polar surface area (TPSA) is 27.7 Å². The first-order valence-electron chi connectivity index (χ1n) is 5.55. The summed E-state index contributed by atoms with van der Waals surface area (Å²) in [6.07, 6.45) is 3.77. The van der Waals surface area contributed by atoms with E-state index in [2.05, 4.69) is 0 Å². The van der Waals surface area contributed by atoms with Crippen molar-refractivity contribution < 1.29 is 14.2 Å². The van der Waals surface area contributed by atoms with Crippen LogP contribution in [0, 0.1) is 0 Å². The predicted octanol–water partition coefficient (Wildman–Crippen LogP) is 2.82. The molecule has 1 aromatic rings. The van der Waals surface area contributed by atoms with Crippen LogP contribution in [0.1, 0.15) is 19.4 Å². The summed E-state index contributed by atoms with van der Waals surface area (Å²) in [5, 5.41) is 0. The van der Waals surface area contributed by atoms with E-state index in [-0.39, 0.29) is 0 Å². The average molecular weight is 220 g/mol. The molecule has 0 saturated carbocycles. The molecule has 0 fully saturated rings. The van der Waals surface area contributed by atoms with Gasteiger partial charge in [0.1, 0.15) is 5.75 Å². The van der Waals surface area contributed by atoms with Gasteiger partial charge in [0.15, 0.2) is 0 Å². The number of ether oxygens (including phenoxy) is 3. The van der Waals surface area contributed by atoms with E-state index in [4.69, 9.17) is 14.2 Å². The summed E-state index contributed by atoms with van der Waals surface area (Å²) in [5.41, 5.74) is 1.04. The highest BCUT2D eigenvalue weighted by Crippen LogP contribution is 2.32. The van der Waals surface area contributed by atoms with Crippen LogP contribution in [-0.2, 0) is 9.47 Å². The average Bonchev–Trinajstić information content (AvgIpc) is 2.30. The molecule has 2 rings (SSSR count). The molecular formula is C13H16O3. The van der Waals surface area contributed by atoms with E-state index in [9.17, 15) is 0 Å². The standard InChI is InChI=1S/C13H16O3/c1-3-14-13(15-4-2)10-9-11-7-5-6-8-12(11)16-13/h5-10H,3-4H2,1-2H3. The normalized spacial score (nSPS) is 16.6. The fraction of sp³-hybridized carbons (Fsp3) is 0.385. The highest BCUT2D eigenvalue weighted by atomic mass is 16.9. The van der Waals surface area contributed by atoms with Crippen LogP contribution in [0.25, 0.3) is 6.08 Å². The van der Waals surface area contributed by atoms with E-state index < -0.39 is 5.97 Å². The molecule has 0 spiro atoms. The monoisotopic (exact) mass is 220 g/mol. The molecule has 0 aromatic heterocycles. The predicted molar refractivity (Wildman–Crippen MR) is 62.1 cm³/mol. The van der Waals surface area contributed by atoms with Gasteiger partial charge in [0.2, 0.25) is 0 Å². The molecule has 0 amide bonds. The van der Waals surface area contributed by atoms with E-state index in [0.717, 1.165) is 11.3 Å². The summed E-state index contributed by atoms with van der Waals surface area (Å²) in [4.78, 5) is 0. The van der Waals surface area contributed by atoms with Gasteiger partial charge in [-0.2, -0.15) is 0 Å². The van der Waals surface area contributed by atoms with E-state index in [1.165, 1.54) is 0 Å². The Kier molecular flexibility index (Phi) is 3.27. The molecule has 0 N–H and O–H groups in total. The van der Waals surface area contributed by atoms with Gasteiger partial charge in [0.05, 0.1) is 13.2 Å². The van der Waals surface area contributed by atoms with Crippen molar-refractivity contribution in [2.75, 3.05) is 13.2 Å². The summed E-state index contributed by atoms with van der Waals surface area (Å²) in [6, 6.07) is 7.81. The SMILES string of the molecule is CCOC1(OCC)C=Cc2ccccc2O1. The molecule has 3 nitrogen and oxygen atoms in total. The fourth-order valence-corrected chi connectivity index (χ4v) is 1.69. The van der Waals surface area contributed by atoms with Crippen molar-refractivity contribution in [2.45, 2.75) is 19.8 Å². The van der Waals surface area contributed by atoms with Crippen LogP contribution in [0.5, 0.6) is 5.75 Å². The number of rotatable bonds is 4. The van der Waals surface area contributed by atoms with Gasteiger partial charge in [-0.3, -0.25) is 0 Å². The number of hydrogen-bond acceptors (Lipinski definition) is 3. The molecule has 0 unspecified atom stereocenters. The molecule has 3 heteroatoms. The van der Waals surface area contributed by atoms with Crippen molar-refractivity contribution in [3.05, 3.63) is 35.9 Å². The second-order valence-corrected chi connectivity index (χ2v) is 3.44. The van der Waals surface area contributed by atoms with E-state index >= 15 is 0 Å². The van der Waals surface area contributed by atoms with Crippen LogP contribution in [0.2, 0.25) is 0 Å². The number of hydrogen-bond donors (Lipinski definition) is 0. The summed E-state index contributed by atoms with van der Waals surface area (Å²) >= 11 is 0. The lowest BCUT2D eigenvalue weighted by Crippen LogP contribution is -2.41. The van der Waals surface area contributed by atoms with Gasteiger partial charge in [-0.25, -0.2) is 0 Å². The van der Waals surface area contributed by atoms with E-state index in [0.29, 0.717) is 13.2 Å². The first-order valence-corrected chi connectivity index (χ1v) is 5.55. The quantitative estimate of drug-likeness (QED) is 0.730. The Bertz CT molecular complexity index is 379. The van der Waals surface area contributed by atoms with Crippen molar-refractivity contribution in [1.82, 2.24) is 0 Å². The van der Waals surface area contributed by atoms with Crippen LogP contribution in [-0.4, -0.2) is 19.2 Å². The summed E-state index contributed by atoms with van der Waals surface area (Å²) in [5.74, 6) is -0.274. The highest BCUT2D eigenvalue weighted by molar-refractivity contribution is 5.59. The molecular weight excluding hydrogens is 204 g/mol. The van der Waals surface area contributed by atoms with Crippen molar-refractivity contribution in [3.8, 4) is 5.75 Å². The van der Waals surface area contributed by atoms with Gasteiger partial charge >= 0.3 is 5.97 Å². The van der Waals surface area contributed by atoms with Gasteiger partial charge in [-0.05, 0) is 26.0 Å². The number of fused-ring (bicyclic) bond motifs is 1. The lowest BCUT2D eigenvalue weighted by molar-refractivity contribution is -0.308. The molecule has 1 aliphatic rings. The van der Waals surface area contributed by atoms with Gasteiger partial charge in [0, 0.05) is 11.6 Å². The van der Waals surface area contributed by atoms with Crippen molar-refractivity contribution >= 4 is 6.08 Å². The molecule has 0 saturated heterocycles. The zero-order chi connectivity index (χ0) is 11.4. The third-order valence-corrected chi connectivity index (χ3v) is 2.33. The first-order chi connectivity index (χ1) is 7.79. The minimum atomic E-state index is -1.06. The third kappa shape index (κ3) is 2.10. The number of para-hydroxylation sites is 1. The second-order valence-electron chi connectivity index (χ2n) is 3.44. The Morgan fingerprint density at radius 2 is 1.81 bits per heavy atom. The Balaban J connectivity index is 2.27. The Morgan fingerprint density at radius 3 is 2.50 bits per heavy atom. The van der Waals surface area contributed by atoms with Crippen LogP contribution in [0.4, 0.5) is 0 Å². The maximum absolute atomic E-state index is 5.77. The highest BCUT2D eigenvalue weighted by Gasteiger charge is 2.34. The van der Waals surface area contributed by atoms with Gasteiger partial charge in [-0.1, -0.05) is 18.2 Å². The zero-order valence-electron chi connectivity index (χ0n) is 9.60. The fourth-order valence-electron chi connectivity index (χ4n) is 1.69. The smallest absolute Gasteiger partial charge is 0.349 e. The minimum absolute atomic E-state index is 0.534. The molecule has 0 aliphatic carbocycles. The second kappa shape index (κ2) is 4.68. The summed E-state index contributed by atoms with van der Waals surface area (Å²) < 4.78 is 16.8. The van der Waals surface area contributed by atoms with Crippen molar-refractivity contribution in [2.24, 2.45) is 0 Å². The number of benzene rings is 1. The molecule has 16 heavy (non-hydrogen) atoms. The molecule has 1 aliphatic heterocycles. The molecule has 1 heterocycles. The minimum Gasteiger partial charge on any atom is -0.435 e. The van der Waals surface area contributed by atoms with Gasteiger partial charge in [-0.15, -0.1) is 0 Å². The van der Waals surface area contributed by atoms with Crippen LogP contribution >= 0.6 is 0 Å². The largest absolute Gasteiger partial charge is 0.435 e. The van der Waals surface area contributed by atoms with E-state index in [1.54, 1.807) is 0 Å². The van der Waals surface area contributed by atoms with E-state index in [1.807, 2.05) is 50.3 Å². The lowest BCUT2D eigenvalue weighted by atomic mass is 10.1. The lowest BCUT2D eigenvalue weighted by Gasteiger charge is -2.33. The summed E-state index contributed by atoms with van der Waals surface area (Å²) in [6.45, 7) is 4.90. The van der Waals surface area contributed by atoms with Crippen molar-refractivity contribution in [3.63, 3.8) is 0 Å². The van der Waals surface area contributed by atoms with Crippen LogP contribution in [0.3, 0.4) is 0 Å². The Hall–Kier alpha value is -1.32. The third-order valence-electron chi connectivity index (χ3n) is 2.33. The molecule has 0 bridgehead atoms. The molecule has 86 valence electrons. The first kappa shape index (κ1) is 11.2. The van der Waals surface area contributed by atoms with Gasteiger partial charge in [0.25, 0.3) is 0 Å². The van der Waals surface area contributed by atoms with Crippen LogP contribution in [0.15, 0.2) is 30.3 Å². The van der Waals surface area contributed by atoms with Crippen molar-refractivity contribution in [1.29, 1.82) is 0 Å². The Labute approximate surface area is 95.6 Å². The van der Waals surface area contributed by atoms with Gasteiger partial charge < -0.3 is 14.2 Å². The Morgan fingerprint density at radius 1 is 1.12 bits per heavy atom. The summed E-state index contributed by atoms with van der Waals surface area (Å²) in [7, 11) is 0. The maximum atomic E-state index is 5.77. The molecule has 0 radical (unpaired) electrons. The molecule has 1 aromatic carbocycles. The molecule has 0 atom stereocenters.